The zero-order valence-electron chi connectivity index (χ0n) is 14.7. The van der Waals surface area contributed by atoms with Gasteiger partial charge in [-0.1, -0.05) is 0 Å². The average Bonchev–Trinajstić information content (AvgIpc) is 2.68. The summed E-state index contributed by atoms with van der Waals surface area (Å²) in [5.41, 5.74) is 8.38. The Bertz CT molecular complexity index is 750. The fourth-order valence-corrected chi connectivity index (χ4v) is 3.05. The Labute approximate surface area is 153 Å². The zero-order valence-corrected chi connectivity index (χ0v) is 14.7. The summed E-state index contributed by atoms with van der Waals surface area (Å²) in [4.78, 5) is 25.5. The van der Waals surface area contributed by atoms with Gasteiger partial charge in [-0.2, -0.15) is 0 Å². The van der Waals surface area contributed by atoms with E-state index in [0.717, 1.165) is 24.5 Å². The Balaban J connectivity index is 1.49. The number of carbonyl (C=O) groups is 2. The fraction of sp³-hybridized carbons (Fsp3) is 0.300. The maximum Gasteiger partial charge on any atom is 0.248 e. The first-order valence-corrected chi connectivity index (χ1v) is 8.90. The number of anilines is 3. The number of rotatable bonds is 6. The van der Waals surface area contributed by atoms with Gasteiger partial charge in [0.15, 0.2) is 0 Å². The molecule has 6 heteroatoms. The molecule has 1 saturated heterocycles. The first-order chi connectivity index (χ1) is 12.6. The molecule has 3 rings (SSSR count). The van der Waals surface area contributed by atoms with E-state index in [1.807, 2.05) is 12.1 Å². The fourth-order valence-electron chi connectivity index (χ4n) is 3.05. The van der Waals surface area contributed by atoms with E-state index in [4.69, 9.17) is 5.73 Å². The van der Waals surface area contributed by atoms with Gasteiger partial charge in [0, 0.05) is 35.7 Å². The molecule has 0 radical (unpaired) electrons. The van der Waals surface area contributed by atoms with Gasteiger partial charge in [0.1, 0.15) is 0 Å². The molecule has 0 spiro atoms. The standard InChI is InChI=1S/C20H24N4O2/c21-20(26)15-4-6-16(7-5-15)22-14-19(25)23-17-8-10-18(11-9-17)24-12-2-1-3-13-24/h4-11,22H,1-3,12-14H2,(H2,21,26)(H,23,25). The third-order valence-electron chi connectivity index (χ3n) is 4.49. The molecule has 0 unspecified atom stereocenters. The lowest BCUT2D eigenvalue weighted by Crippen LogP contribution is -2.29. The molecule has 0 aromatic heterocycles. The van der Waals surface area contributed by atoms with Crippen molar-refractivity contribution < 1.29 is 9.59 Å². The van der Waals surface area contributed by atoms with Gasteiger partial charge in [0.05, 0.1) is 6.54 Å². The lowest BCUT2D eigenvalue weighted by molar-refractivity contribution is -0.114. The molecule has 2 amide bonds. The molecular weight excluding hydrogens is 328 g/mol. The van der Waals surface area contributed by atoms with E-state index in [9.17, 15) is 9.59 Å². The minimum Gasteiger partial charge on any atom is -0.376 e. The lowest BCUT2D eigenvalue weighted by atomic mass is 10.1. The molecule has 2 aromatic rings. The summed E-state index contributed by atoms with van der Waals surface area (Å²) in [6.07, 6.45) is 3.79. The number of nitrogens with two attached hydrogens (primary N) is 1. The van der Waals surface area contributed by atoms with E-state index in [0.29, 0.717) is 5.56 Å². The highest BCUT2D eigenvalue weighted by atomic mass is 16.2. The van der Waals surface area contributed by atoms with Crippen LogP contribution in [0.4, 0.5) is 17.1 Å². The quantitative estimate of drug-likeness (QED) is 0.746. The van der Waals surface area contributed by atoms with Crippen molar-refractivity contribution in [1.82, 2.24) is 0 Å². The smallest absolute Gasteiger partial charge is 0.248 e. The topological polar surface area (TPSA) is 87.5 Å². The molecule has 6 nitrogen and oxygen atoms in total. The van der Waals surface area contributed by atoms with Gasteiger partial charge in [-0.25, -0.2) is 0 Å². The second-order valence-corrected chi connectivity index (χ2v) is 6.44. The highest BCUT2D eigenvalue weighted by Crippen LogP contribution is 2.21. The van der Waals surface area contributed by atoms with Crippen molar-refractivity contribution in [2.24, 2.45) is 5.73 Å². The number of piperidine rings is 1. The number of nitrogens with zero attached hydrogens (tertiary/aromatic N) is 1. The van der Waals surface area contributed by atoms with Crippen LogP contribution in [0.3, 0.4) is 0 Å². The summed E-state index contributed by atoms with van der Waals surface area (Å²) >= 11 is 0. The van der Waals surface area contributed by atoms with Crippen LogP contribution in [-0.2, 0) is 4.79 Å². The van der Waals surface area contributed by atoms with Gasteiger partial charge in [0.2, 0.25) is 11.8 Å². The molecule has 0 saturated carbocycles. The van der Waals surface area contributed by atoms with E-state index >= 15 is 0 Å². The molecule has 1 aliphatic rings. The van der Waals surface area contributed by atoms with Crippen LogP contribution in [0.25, 0.3) is 0 Å². The molecular formula is C20H24N4O2. The summed E-state index contributed by atoms with van der Waals surface area (Å²) in [5, 5.41) is 5.90. The highest BCUT2D eigenvalue weighted by molar-refractivity contribution is 5.94. The van der Waals surface area contributed by atoms with Crippen LogP contribution in [0.15, 0.2) is 48.5 Å². The van der Waals surface area contributed by atoms with Gasteiger partial charge in [-0.15, -0.1) is 0 Å². The number of hydrogen-bond donors (Lipinski definition) is 3. The van der Waals surface area contributed by atoms with E-state index in [1.165, 1.54) is 24.9 Å². The van der Waals surface area contributed by atoms with Crippen LogP contribution in [-0.4, -0.2) is 31.4 Å². The van der Waals surface area contributed by atoms with E-state index in [-0.39, 0.29) is 12.5 Å². The summed E-state index contributed by atoms with van der Waals surface area (Å²) in [5.74, 6) is -0.600. The van der Waals surface area contributed by atoms with E-state index in [1.54, 1.807) is 24.3 Å². The number of hydrogen-bond acceptors (Lipinski definition) is 4. The molecule has 2 aromatic carbocycles. The first-order valence-electron chi connectivity index (χ1n) is 8.90. The second kappa shape index (κ2) is 8.38. The van der Waals surface area contributed by atoms with Crippen molar-refractivity contribution in [2.45, 2.75) is 19.3 Å². The normalized spacial score (nSPS) is 13.9. The van der Waals surface area contributed by atoms with Crippen LogP contribution >= 0.6 is 0 Å². The SMILES string of the molecule is NC(=O)c1ccc(NCC(=O)Nc2ccc(N3CCCCC3)cc2)cc1. The second-order valence-electron chi connectivity index (χ2n) is 6.44. The summed E-state index contributed by atoms with van der Waals surface area (Å²) in [7, 11) is 0. The largest absolute Gasteiger partial charge is 0.376 e. The Morgan fingerprint density at radius 3 is 2.12 bits per heavy atom. The minimum absolute atomic E-state index is 0.130. The third kappa shape index (κ3) is 4.75. The van der Waals surface area contributed by atoms with Crippen molar-refractivity contribution in [3.05, 3.63) is 54.1 Å². The maximum absolute atomic E-state index is 12.1. The maximum atomic E-state index is 12.1. The number of amides is 2. The third-order valence-corrected chi connectivity index (χ3v) is 4.49. The predicted molar refractivity (Wildman–Crippen MR) is 105 cm³/mol. The van der Waals surface area contributed by atoms with Gasteiger partial charge >= 0.3 is 0 Å². The Hall–Kier alpha value is -3.02. The van der Waals surface area contributed by atoms with Crippen LogP contribution in [0.1, 0.15) is 29.6 Å². The van der Waals surface area contributed by atoms with Gasteiger partial charge in [0.25, 0.3) is 0 Å². The molecule has 1 aliphatic heterocycles. The van der Waals surface area contributed by atoms with Gasteiger partial charge in [-0.05, 0) is 67.8 Å². The number of benzene rings is 2. The van der Waals surface area contributed by atoms with Crippen molar-refractivity contribution in [1.29, 1.82) is 0 Å². The Morgan fingerprint density at radius 2 is 1.50 bits per heavy atom. The summed E-state index contributed by atoms with van der Waals surface area (Å²) < 4.78 is 0. The molecule has 136 valence electrons. The molecule has 0 bridgehead atoms. The number of primary amides is 1. The van der Waals surface area contributed by atoms with E-state index in [2.05, 4.69) is 27.7 Å². The van der Waals surface area contributed by atoms with Gasteiger partial charge in [-0.3, -0.25) is 9.59 Å². The lowest BCUT2D eigenvalue weighted by Gasteiger charge is -2.28. The van der Waals surface area contributed by atoms with Crippen molar-refractivity contribution in [3.8, 4) is 0 Å². The number of carbonyl (C=O) groups excluding carboxylic acids is 2. The van der Waals surface area contributed by atoms with Crippen molar-refractivity contribution in [3.63, 3.8) is 0 Å². The average molecular weight is 352 g/mol. The Kier molecular flexibility index (Phi) is 5.73. The zero-order chi connectivity index (χ0) is 18.4. The molecule has 26 heavy (non-hydrogen) atoms. The predicted octanol–water partition coefficient (Wildman–Crippen LogP) is 2.83. The van der Waals surface area contributed by atoms with Crippen LogP contribution < -0.4 is 21.3 Å². The van der Waals surface area contributed by atoms with Crippen LogP contribution in [0.2, 0.25) is 0 Å². The minimum atomic E-state index is -0.470. The molecule has 0 atom stereocenters. The summed E-state index contributed by atoms with van der Waals surface area (Å²) in [6, 6.07) is 14.7. The Morgan fingerprint density at radius 1 is 0.885 bits per heavy atom. The first kappa shape index (κ1) is 17.8. The molecule has 1 heterocycles. The monoisotopic (exact) mass is 352 g/mol. The van der Waals surface area contributed by atoms with Crippen LogP contribution in [0.5, 0.6) is 0 Å². The molecule has 0 aliphatic carbocycles. The van der Waals surface area contributed by atoms with Crippen LogP contribution in [0, 0.1) is 0 Å². The molecule has 4 N–H and O–H groups in total. The molecule has 1 fully saturated rings. The van der Waals surface area contributed by atoms with Crippen molar-refractivity contribution in [2.75, 3.05) is 35.2 Å². The summed E-state index contributed by atoms with van der Waals surface area (Å²) in [6.45, 7) is 2.35. The highest BCUT2D eigenvalue weighted by Gasteiger charge is 2.11. The van der Waals surface area contributed by atoms with Crippen molar-refractivity contribution >= 4 is 28.9 Å². The number of nitrogens with one attached hydrogen (secondary N) is 2. The van der Waals surface area contributed by atoms with E-state index < -0.39 is 5.91 Å². The van der Waals surface area contributed by atoms with Gasteiger partial charge < -0.3 is 21.3 Å².